The lowest BCUT2D eigenvalue weighted by Gasteiger charge is -2.26. The summed E-state index contributed by atoms with van der Waals surface area (Å²) in [7, 11) is 1.72. The summed E-state index contributed by atoms with van der Waals surface area (Å²) in [5, 5.41) is 3.50. The van der Waals surface area contributed by atoms with E-state index in [4.69, 9.17) is 4.74 Å². The number of halogens is 1. The van der Waals surface area contributed by atoms with Gasteiger partial charge in [-0.25, -0.2) is 0 Å². The van der Waals surface area contributed by atoms with Gasteiger partial charge in [-0.3, -0.25) is 0 Å². The lowest BCUT2D eigenvalue weighted by atomic mass is 9.77. The molecule has 0 atom stereocenters. The molecule has 88 valence electrons. The lowest BCUT2D eigenvalue weighted by Crippen LogP contribution is -2.26. The summed E-state index contributed by atoms with van der Waals surface area (Å²) in [6, 6.07) is 4.31. The Morgan fingerprint density at radius 3 is 2.62 bits per heavy atom. The van der Waals surface area contributed by atoms with E-state index in [1.165, 1.54) is 11.3 Å². The van der Waals surface area contributed by atoms with E-state index in [1.54, 1.807) is 7.11 Å². The van der Waals surface area contributed by atoms with E-state index < -0.39 is 0 Å². The van der Waals surface area contributed by atoms with Crippen molar-refractivity contribution < 1.29 is 4.74 Å². The standard InChI is InChI=1S/C13H18BrNO/c1-4-13(5-2)8-15-11-9(13)6-7-10(14)12(11)16-3/h6-7,15H,4-5,8H2,1-3H3. The minimum atomic E-state index is 0.281. The van der Waals surface area contributed by atoms with E-state index in [9.17, 15) is 0 Å². The molecule has 0 radical (unpaired) electrons. The van der Waals surface area contributed by atoms with Crippen LogP contribution in [0, 0.1) is 0 Å². The Bertz CT molecular complexity index is 399. The number of benzene rings is 1. The van der Waals surface area contributed by atoms with Gasteiger partial charge in [-0.05, 0) is 40.4 Å². The van der Waals surface area contributed by atoms with Crippen molar-refractivity contribution in [1.29, 1.82) is 0 Å². The largest absolute Gasteiger partial charge is 0.493 e. The van der Waals surface area contributed by atoms with Crippen LogP contribution >= 0.6 is 15.9 Å². The number of anilines is 1. The fraction of sp³-hybridized carbons (Fsp3) is 0.538. The van der Waals surface area contributed by atoms with Crippen LogP contribution in [0.3, 0.4) is 0 Å². The highest BCUT2D eigenvalue weighted by Crippen LogP contribution is 2.48. The Kier molecular flexibility index (Phi) is 3.15. The maximum atomic E-state index is 5.46. The average molecular weight is 284 g/mol. The lowest BCUT2D eigenvalue weighted by molar-refractivity contribution is 0.412. The second-order valence-electron chi connectivity index (χ2n) is 4.34. The molecule has 0 saturated heterocycles. The van der Waals surface area contributed by atoms with Gasteiger partial charge in [0.15, 0.2) is 5.75 Å². The SMILES string of the molecule is CCC1(CC)CNc2c1ccc(Br)c2OC. The van der Waals surface area contributed by atoms with Crippen LogP contribution in [0.4, 0.5) is 5.69 Å². The van der Waals surface area contributed by atoms with Crippen LogP contribution < -0.4 is 10.1 Å². The maximum absolute atomic E-state index is 5.46. The van der Waals surface area contributed by atoms with Crippen molar-refractivity contribution in [2.45, 2.75) is 32.1 Å². The molecule has 0 aliphatic carbocycles. The van der Waals surface area contributed by atoms with Crippen molar-refractivity contribution >= 4 is 21.6 Å². The number of ether oxygens (including phenoxy) is 1. The number of nitrogens with one attached hydrogen (secondary N) is 1. The van der Waals surface area contributed by atoms with Gasteiger partial charge in [0.25, 0.3) is 0 Å². The van der Waals surface area contributed by atoms with E-state index in [0.29, 0.717) is 0 Å². The quantitative estimate of drug-likeness (QED) is 0.907. The maximum Gasteiger partial charge on any atom is 0.156 e. The minimum Gasteiger partial charge on any atom is -0.493 e. The zero-order chi connectivity index (χ0) is 11.8. The third-order valence-corrected chi connectivity index (χ3v) is 4.47. The molecule has 2 nitrogen and oxygen atoms in total. The molecule has 0 spiro atoms. The van der Waals surface area contributed by atoms with Crippen molar-refractivity contribution in [3.63, 3.8) is 0 Å². The first kappa shape index (κ1) is 11.8. The molecule has 0 unspecified atom stereocenters. The number of fused-ring (bicyclic) bond motifs is 1. The Balaban J connectivity index is 2.57. The summed E-state index contributed by atoms with van der Waals surface area (Å²) in [6.07, 6.45) is 2.32. The Labute approximate surface area is 106 Å². The van der Waals surface area contributed by atoms with E-state index in [-0.39, 0.29) is 5.41 Å². The third kappa shape index (κ3) is 1.53. The van der Waals surface area contributed by atoms with Gasteiger partial charge in [0.1, 0.15) is 0 Å². The van der Waals surface area contributed by atoms with Crippen LogP contribution in [-0.2, 0) is 5.41 Å². The number of methoxy groups -OCH3 is 1. The number of rotatable bonds is 3. The summed E-state index contributed by atoms with van der Waals surface area (Å²) < 4.78 is 6.48. The second kappa shape index (κ2) is 4.28. The summed E-state index contributed by atoms with van der Waals surface area (Å²) in [5.41, 5.74) is 2.85. The van der Waals surface area contributed by atoms with Gasteiger partial charge in [-0.15, -0.1) is 0 Å². The predicted molar refractivity (Wildman–Crippen MR) is 71.4 cm³/mol. The summed E-state index contributed by atoms with van der Waals surface area (Å²) in [6.45, 7) is 5.53. The highest BCUT2D eigenvalue weighted by Gasteiger charge is 2.37. The van der Waals surface area contributed by atoms with E-state index >= 15 is 0 Å². The zero-order valence-electron chi connectivity index (χ0n) is 10.1. The van der Waals surface area contributed by atoms with Gasteiger partial charge in [-0.2, -0.15) is 0 Å². The van der Waals surface area contributed by atoms with Crippen molar-refractivity contribution in [2.75, 3.05) is 19.0 Å². The van der Waals surface area contributed by atoms with Gasteiger partial charge in [0.2, 0.25) is 0 Å². The smallest absolute Gasteiger partial charge is 0.156 e. The molecule has 16 heavy (non-hydrogen) atoms. The van der Waals surface area contributed by atoms with Crippen LogP contribution in [0.25, 0.3) is 0 Å². The van der Waals surface area contributed by atoms with Crippen LogP contribution in [0.1, 0.15) is 32.3 Å². The normalized spacial score (nSPS) is 16.8. The Hall–Kier alpha value is -0.700. The molecule has 1 aromatic carbocycles. The van der Waals surface area contributed by atoms with Gasteiger partial charge >= 0.3 is 0 Å². The predicted octanol–water partition coefficient (Wildman–Crippen LogP) is 3.94. The molecule has 0 aromatic heterocycles. The first-order chi connectivity index (χ1) is 7.68. The molecule has 0 bridgehead atoms. The molecular weight excluding hydrogens is 266 g/mol. The topological polar surface area (TPSA) is 21.3 Å². The van der Waals surface area contributed by atoms with Gasteiger partial charge in [0.05, 0.1) is 17.3 Å². The van der Waals surface area contributed by atoms with Crippen LogP contribution in [0.5, 0.6) is 5.75 Å². The Morgan fingerprint density at radius 1 is 1.38 bits per heavy atom. The molecule has 0 saturated carbocycles. The van der Waals surface area contributed by atoms with E-state index in [0.717, 1.165) is 29.6 Å². The van der Waals surface area contributed by atoms with E-state index in [1.807, 2.05) is 0 Å². The van der Waals surface area contributed by atoms with Crippen molar-refractivity contribution in [2.24, 2.45) is 0 Å². The average Bonchev–Trinajstić information content (AvgIpc) is 2.68. The molecule has 3 heteroatoms. The zero-order valence-corrected chi connectivity index (χ0v) is 11.6. The molecular formula is C13H18BrNO. The van der Waals surface area contributed by atoms with Gasteiger partial charge < -0.3 is 10.1 Å². The fourth-order valence-electron chi connectivity index (χ4n) is 2.61. The Morgan fingerprint density at radius 2 is 2.06 bits per heavy atom. The second-order valence-corrected chi connectivity index (χ2v) is 5.20. The monoisotopic (exact) mass is 283 g/mol. The first-order valence-corrected chi connectivity index (χ1v) is 6.58. The highest BCUT2D eigenvalue weighted by molar-refractivity contribution is 9.10. The molecule has 1 N–H and O–H groups in total. The summed E-state index contributed by atoms with van der Waals surface area (Å²) >= 11 is 3.53. The molecule has 1 aliphatic rings. The van der Waals surface area contributed by atoms with Crippen molar-refractivity contribution in [3.8, 4) is 5.75 Å². The van der Waals surface area contributed by atoms with Crippen LogP contribution in [0.15, 0.2) is 16.6 Å². The summed E-state index contributed by atoms with van der Waals surface area (Å²) in [4.78, 5) is 0. The molecule has 1 aliphatic heterocycles. The fourth-order valence-corrected chi connectivity index (χ4v) is 3.10. The molecule has 2 rings (SSSR count). The minimum absolute atomic E-state index is 0.281. The highest BCUT2D eigenvalue weighted by atomic mass is 79.9. The third-order valence-electron chi connectivity index (χ3n) is 3.84. The summed E-state index contributed by atoms with van der Waals surface area (Å²) in [5.74, 6) is 0.932. The molecule has 1 heterocycles. The van der Waals surface area contributed by atoms with Crippen molar-refractivity contribution in [3.05, 3.63) is 22.2 Å². The molecule has 0 fully saturated rings. The number of hydrogen-bond donors (Lipinski definition) is 1. The van der Waals surface area contributed by atoms with Gasteiger partial charge in [0, 0.05) is 12.0 Å². The van der Waals surface area contributed by atoms with E-state index in [2.05, 4.69) is 47.2 Å². The van der Waals surface area contributed by atoms with Gasteiger partial charge in [-0.1, -0.05) is 19.9 Å². The van der Waals surface area contributed by atoms with Crippen LogP contribution in [-0.4, -0.2) is 13.7 Å². The first-order valence-electron chi connectivity index (χ1n) is 5.79. The molecule has 1 aromatic rings. The number of hydrogen-bond acceptors (Lipinski definition) is 2. The molecule has 0 amide bonds. The van der Waals surface area contributed by atoms with Crippen LogP contribution in [0.2, 0.25) is 0 Å². The van der Waals surface area contributed by atoms with Crippen molar-refractivity contribution in [1.82, 2.24) is 0 Å².